The lowest BCUT2D eigenvalue weighted by atomic mass is 10.0. The van der Waals surface area contributed by atoms with Crippen LogP contribution in [-0.2, 0) is 0 Å². The summed E-state index contributed by atoms with van der Waals surface area (Å²) in [6.45, 7) is 7.70. The lowest BCUT2D eigenvalue weighted by molar-refractivity contribution is 0.627. The second-order valence-electron chi connectivity index (χ2n) is 5.33. The number of hydrogen-bond acceptors (Lipinski definition) is 3. The topological polar surface area (TPSA) is 73.7 Å². The number of hydrogen-bond donors (Lipinski definition) is 3. The van der Waals surface area contributed by atoms with Gasteiger partial charge in [-0.2, -0.15) is 0 Å². The molecule has 0 aliphatic rings. The number of rotatable bonds is 7. The Balaban J connectivity index is 3.39. The van der Waals surface area contributed by atoms with Crippen molar-refractivity contribution in [1.82, 2.24) is 0 Å². The molecule has 0 saturated heterocycles. The highest BCUT2D eigenvalue weighted by atomic mass is 19.1. The van der Waals surface area contributed by atoms with E-state index < -0.39 is 0 Å². The van der Waals surface area contributed by atoms with Gasteiger partial charge in [0.25, 0.3) is 0 Å². The van der Waals surface area contributed by atoms with Gasteiger partial charge in [-0.3, -0.25) is 0 Å². The maximum Gasteiger partial charge on any atom is 0.123 e. The fraction of sp³-hybridized carbons (Fsp3) is 0.100. The van der Waals surface area contributed by atoms with Gasteiger partial charge in [0.1, 0.15) is 5.82 Å². The van der Waals surface area contributed by atoms with Crippen LogP contribution in [0.1, 0.15) is 19.4 Å². The van der Waals surface area contributed by atoms with Gasteiger partial charge in [-0.1, -0.05) is 42.5 Å². The van der Waals surface area contributed by atoms with E-state index in [0.717, 1.165) is 18.0 Å². The maximum atomic E-state index is 13.0. The monoisotopic (exact) mass is 323 g/mol. The third-order valence-electron chi connectivity index (χ3n) is 3.23. The van der Waals surface area contributed by atoms with E-state index in [1.807, 2.05) is 26.0 Å². The summed E-state index contributed by atoms with van der Waals surface area (Å²) in [6.07, 6.45) is 9.28. The van der Waals surface area contributed by atoms with E-state index in [2.05, 4.69) is 6.58 Å². The van der Waals surface area contributed by atoms with E-state index in [-0.39, 0.29) is 5.82 Å². The predicted molar refractivity (Wildman–Crippen MR) is 101 cm³/mol. The summed E-state index contributed by atoms with van der Waals surface area (Å²) in [6, 6.07) is 5.82. The Morgan fingerprint density at radius 3 is 2.17 bits per heavy atom. The van der Waals surface area contributed by atoms with Crippen LogP contribution in [0.3, 0.4) is 0 Å². The minimum absolute atomic E-state index is 0.334. The van der Waals surface area contributed by atoms with Crippen molar-refractivity contribution < 1.29 is 4.39 Å². The quantitative estimate of drug-likeness (QED) is 0.489. The molecule has 0 saturated carbocycles. The van der Waals surface area contributed by atoms with Gasteiger partial charge in [-0.15, -0.1) is 0 Å². The fourth-order valence-electron chi connectivity index (χ4n) is 1.95. The molecule has 0 amide bonds. The van der Waals surface area contributed by atoms with Gasteiger partial charge >= 0.3 is 0 Å². The molecule has 0 aliphatic heterocycles. The number of nitrogens with two attached hydrogens (primary N) is 1. The molecule has 0 aliphatic carbocycles. The van der Waals surface area contributed by atoms with E-state index in [9.17, 15) is 4.39 Å². The highest BCUT2D eigenvalue weighted by Crippen LogP contribution is 2.18. The van der Waals surface area contributed by atoms with Gasteiger partial charge in [-0.25, -0.2) is 4.39 Å². The van der Waals surface area contributed by atoms with E-state index >= 15 is 0 Å². The van der Waals surface area contributed by atoms with Crippen molar-refractivity contribution in [3.8, 4) is 0 Å². The summed E-state index contributed by atoms with van der Waals surface area (Å²) >= 11 is 0. The molecule has 4 N–H and O–H groups in total. The average molecular weight is 323 g/mol. The van der Waals surface area contributed by atoms with Crippen LogP contribution < -0.4 is 5.73 Å². The smallest absolute Gasteiger partial charge is 0.123 e. The molecular weight excluding hydrogens is 301 g/mol. The van der Waals surface area contributed by atoms with Crippen LogP contribution in [0.5, 0.6) is 0 Å². The number of benzene rings is 1. The van der Waals surface area contributed by atoms with Gasteiger partial charge in [-0.05, 0) is 43.2 Å². The van der Waals surface area contributed by atoms with Crippen molar-refractivity contribution in [2.45, 2.75) is 13.8 Å². The summed E-state index contributed by atoms with van der Waals surface area (Å²) in [5.74, 6) is -0.342. The molecule has 1 rings (SSSR count). The standard InChI is InChI=1S/C20H22FN3/c1-4-15(6-5-14(2)3)19(13-23)20(24)11-17(12-22)16-7-9-18(21)10-8-16/h4-13,22-23H,1,24H2,2-3H3/b15-6+,17-11+,20-19+,22-12?,23-13?. The first-order valence-electron chi connectivity index (χ1n) is 7.39. The van der Waals surface area contributed by atoms with Crippen LogP contribution in [0.4, 0.5) is 4.39 Å². The molecule has 1 aromatic carbocycles. The average Bonchev–Trinajstić information content (AvgIpc) is 2.56. The van der Waals surface area contributed by atoms with Crippen LogP contribution in [0.2, 0.25) is 0 Å². The van der Waals surface area contributed by atoms with Gasteiger partial charge in [0.2, 0.25) is 0 Å². The first kappa shape index (κ1) is 19.0. The molecule has 3 nitrogen and oxygen atoms in total. The molecule has 0 bridgehead atoms. The van der Waals surface area contributed by atoms with Crippen molar-refractivity contribution in [1.29, 1.82) is 10.8 Å². The van der Waals surface area contributed by atoms with Crippen LogP contribution in [0.25, 0.3) is 5.57 Å². The van der Waals surface area contributed by atoms with Gasteiger partial charge in [0.05, 0.1) is 0 Å². The van der Waals surface area contributed by atoms with E-state index in [4.69, 9.17) is 16.6 Å². The Kier molecular flexibility index (Phi) is 7.30. The molecule has 124 valence electrons. The summed E-state index contributed by atoms with van der Waals surface area (Å²) in [4.78, 5) is 0. The predicted octanol–water partition coefficient (Wildman–Crippen LogP) is 4.80. The second-order valence-corrected chi connectivity index (χ2v) is 5.33. The third kappa shape index (κ3) is 5.32. The highest BCUT2D eigenvalue weighted by molar-refractivity contribution is 6.09. The number of halogens is 1. The first-order valence-corrected chi connectivity index (χ1v) is 7.39. The van der Waals surface area contributed by atoms with Crippen molar-refractivity contribution in [2.75, 3.05) is 0 Å². The molecule has 0 radical (unpaired) electrons. The van der Waals surface area contributed by atoms with Crippen LogP contribution in [0, 0.1) is 16.6 Å². The SMILES string of the molecule is C=CC(=C\C=C(C)C)/C(C=N)=C(N)\C=C(/C=N)c1ccc(F)cc1. The van der Waals surface area contributed by atoms with E-state index in [0.29, 0.717) is 28.0 Å². The van der Waals surface area contributed by atoms with Gasteiger partial charge < -0.3 is 16.6 Å². The summed E-state index contributed by atoms with van der Waals surface area (Å²) in [5, 5.41) is 15.2. The molecule has 0 fully saturated rings. The first-order chi connectivity index (χ1) is 11.4. The fourth-order valence-corrected chi connectivity index (χ4v) is 1.95. The zero-order valence-electron chi connectivity index (χ0n) is 13.9. The van der Waals surface area contributed by atoms with Crippen molar-refractivity contribution in [3.63, 3.8) is 0 Å². The Bertz CT molecular complexity index is 744. The lowest BCUT2D eigenvalue weighted by Crippen LogP contribution is -2.04. The molecule has 24 heavy (non-hydrogen) atoms. The molecule has 0 spiro atoms. The number of nitrogens with one attached hydrogen (secondary N) is 2. The van der Waals surface area contributed by atoms with Crippen LogP contribution >= 0.6 is 0 Å². The molecule has 1 aromatic rings. The Morgan fingerprint density at radius 1 is 1.08 bits per heavy atom. The zero-order chi connectivity index (χ0) is 18.1. The highest BCUT2D eigenvalue weighted by Gasteiger charge is 2.05. The largest absolute Gasteiger partial charge is 0.398 e. The summed E-state index contributed by atoms with van der Waals surface area (Å²) < 4.78 is 13.0. The Hall–Kier alpha value is -3.01. The van der Waals surface area contributed by atoms with Crippen molar-refractivity contribution in [2.24, 2.45) is 5.73 Å². The van der Waals surface area contributed by atoms with Crippen molar-refractivity contribution in [3.05, 3.63) is 88.9 Å². The summed E-state index contributed by atoms with van der Waals surface area (Å²) in [5.41, 5.74) is 9.98. The van der Waals surface area contributed by atoms with E-state index in [1.165, 1.54) is 12.1 Å². The Morgan fingerprint density at radius 2 is 1.71 bits per heavy atom. The Labute approximate surface area is 142 Å². The molecule has 4 heteroatoms. The molecule has 0 aromatic heterocycles. The second kappa shape index (κ2) is 9.20. The zero-order valence-corrected chi connectivity index (χ0v) is 13.9. The normalized spacial score (nSPS) is 13.0. The minimum Gasteiger partial charge on any atom is -0.398 e. The summed E-state index contributed by atoms with van der Waals surface area (Å²) in [7, 11) is 0. The van der Waals surface area contributed by atoms with Gasteiger partial charge in [0.15, 0.2) is 0 Å². The third-order valence-corrected chi connectivity index (χ3v) is 3.23. The van der Waals surface area contributed by atoms with Crippen LogP contribution in [0.15, 0.2) is 77.6 Å². The van der Waals surface area contributed by atoms with Crippen LogP contribution in [-0.4, -0.2) is 12.4 Å². The molecule has 0 atom stereocenters. The van der Waals surface area contributed by atoms with Gasteiger partial charge in [0, 0.05) is 29.3 Å². The molecule has 0 heterocycles. The molecule has 0 unspecified atom stereocenters. The lowest BCUT2D eigenvalue weighted by Gasteiger charge is -2.08. The van der Waals surface area contributed by atoms with Crippen molar-refractivity contribution >= 4 is 18.0 Å². The molecular formula is C20H22FN3. The minimum atomic E-state index is -0.342. The van der Waals surface area contributed by atoms with E-state index in [1.54, 1.807) is 24.3 Å². The number of allylic oxidation sites excluding steroid dienone is 8. The maximum absolute atomic E-state index is 13.0.